The molecular formula is C19H29N3O2S. The monoisotopic (exact) mass is 363 g/mol. The van der Waals surface area contributed by atoms with Gasteiger partial charge in [-0.25, -0.2) is 0 Å². The lowest BCUT2D eigenvalue weighted by Gasteiger charge is -2.40. The third kappa shape index (κ3) is 4.82. The van der Waals surface area contributed by atoms with Gasteiger partial charge in [-0.15, -0.1) is 11.3 Å². The smallest absolute Gasteiger partial charge is 0.263 e. The first-order chi connectivity index (χ1) is 12.1. The summed E-state index contributed by atoms with van der Waals surface area (Å²) in [5.74, 6) is 0.242. The van der Waals surface area contributed by atoms with Gasteiger partial charge in [0.1, 0.15) is 0 Å². The van der Waals surface area contributed by atoms with E-state index in [9.17, 15) is 9.59 Å². The first-order valence-corrected chi connectivity index (χ1v) is 10.4. The summed E-state index contributed by atoms with van der Waals surface area (Å²) >= 11 is 1.49. The van der Waals surface area contributed by atoms with Crippen LogP contribution >= 0.6 is 11.3 Å². The standard InChI is InChI=1S/C19H29N3O2S/c1-16(23)22(13-12-20-9-3-2-4-10-20)17-7-5-11-21(15-17)19(24)18-8-6-14-25-18/h6,8,14,17H,2-5,7,9-13,15H2,1H3. The van der Waals surface area contributed by atoms with E-state index in [1.54, 1.807) is 6.92 Å². The summed E-state index contributed by atoms with van der Waals surface area (Å²) in [6, 6.07) is 3.95. The molecule has 138 valence electrons. The average Bonchev–Trinajstić information content (AvgIpc) is 3.17. The van der Waals surface area contributed by atoms with Crippen LogP contribution in [0.3, 0.4) is 0 Å². The number of hydrogen-bond acceptors (Lipinski definition) is 4. The molecule has 2 saturated heterocycles. The Kier molecular flexibility index (Phi) is 6.48. The first-order valence-electron chi connectivity index (χ1n) is 9.47. The number of thiophene rings is 1. The lowest BCUT2D eigenvalue weighted by atomic mass is 10.0. The topological polar surface area (TPSA) is 43.9 Å². The molecule has 6 heteroatoms. The Hall–Kier alpha value is -1.40. The van der Waals surface area contributed by atoms with E-state index in [4.69, 9.17) is 0 Å². The second-order valence-electron chi connectivity index (χ2n) is 7.14. The van der Waals surface area contributed by atoms with Gasteiger partial charge in [-0.05, 0) is 50.2 Å². The average molecular weight is 364 g/mol. The SMILES string of the molecule is CC(=O)N(CCN1CCCCC1)C1CCCN(C(=O)c2cccs2)C1. The van der Waals surface area contributed by atoms with Crippen molar-refractivity contribution < 1.29 is 9.59 Å². The van der Waals surface area contributed by atoms with Crippen molar-refractivity contribution in [2.45, 2.75) is 45.1 Å². The number of hydrogen-bond donors (Lipinski definition) is 0. The molecule has 0 bridgehead atoms. The summed E-state index contributed by atoms with van der Waals surface area (Å²) in [6.45, 7) is 7.16. The van der Waals surface area contributed by atoms with Gasteiger partial charge in [0.25, 0.3) is 5.91 Å². The van der Waals surface area contributed by atoms with Gasteiger partial charge in [-0.1, -0.05) is 12.5 Å². The highest BCUT2D eigenvalue weighted by Gasteiger charge is 2.30. The fraction of sp³-hybridized carbons (Fsp3) is 0.684. The zero-order valence-electron chi connectivity index (χ0n) is 15.2. The highest BCUT2D eigenvalue weighted by molar-refractivity contribution is 7.12. The van der Waals surface area contributed by atoms with Gasteiger partial charge in [0.2, 0.25) is 5.91 Å². The highest BCUT2D eigenvalue weighted by Crippen LogP contribution is 2.20. The molecule has 3 rings (SSSR count). The second kappa shape index (κ2) is 8.81. The van der Waals surface area contributed by atoms with Gasteiger partial charge in [0.15, 0.2) is 0 Å². The van der Waals surface area contributed by atoms with Crippen molar-refractivity contribution in [2.75, 3.05) is 39.3 Å². The molecule has 0 N–H and O–H groups in total. The molecule has 25 heavy (non-hydrogen) atoms. The van der Waals surface area contributed by atoms with E-state index >= 15 is 0 Å². The van der Waals surface area contributed by atoms with Crippen molar-refractivity contribution in [3.63, 3.8) is 0 Å². The van der Waals surface area contributed by atoms with E-state index in [1.807, 2.05) is 27.3 Å². The molecule has 2 amide bonds. The number of carbonyl (C=O) groups excluding carboxylic acids is 2. The molecule has 0 radical (unpaired) electrons. The summed E-state index contributed by atoms with van der Waals surface area (Å²) in [4.78, 5) is 32.0. The third-order valence-electron chi connectivity index (χ3n) is 5.37. The van der Waals surface area contributed by atoms with E-state index in [-0.39, 0.29) is 17.9 Å². The molecule has 2 aliphatic heterocycles. The largest absolute Gasteiger partial charge is 0.337 e. The zero-order chi connectivity index (χ0) is 17.6. The van der Waals surface area contributed by atoms with Crippen LogP contribution in [0.4, 0.5) is 0 Å². The van der Waals surface area contributed by atoms with Crippen LogP contribution in [0.1, 0.15) is 48.7 Å². The maximum absolute atomic E-state index is 12.6. The predicted octanol–water partition coefficient (Wildman–Crippen LogP) is 2.69. The minimum absolute atomic E-state index is 0.110. The molecule has 5 nitrogen and oxygen atoms in total. The van der Waals surface area contributed by atoms with E-state index in [1.165, 1.54) is 30.6 Å². The van der Waals surface area contributed by atoms with Gasteiger partial charge in [-0.3, -0.25) is 9.59 Å². The van der Waals surface area contributed by atoms with Crippen molar-refractivity contribution in [3.05, 3.63) is 22.4 Å². The summed E-state index contributed by atoms with van der Waals surface area (Å²) in [5.41, 5.74) is 0. The van der Waals surface area contributed by atoms with Crippen LogP contribution < -0.4 is 0 Å². The van der Waals surface area contributed by atoms with Gasteiger partial charge < -0.3 is 14.7 Å². The molecule has 0 aromatic carbocycles. The van der Waals surface area contributed by atoms with Crippen molar-refractivity contribution in [3.8, 4) is 0 Å². The van der Waals surface area contributed by atoms with Crippen molar-refractivity contribution in [2.24, 2.45) is 0 Å². The second-order valence-corrected chi connectivity index (χ2v) is 8.09. The molecule has 1 unspecified atom stereocenters. The number of rotatable bonds is 5. The van der Waals surface area contributed by atoms with E-state index in [0.717, 1.165) is 50.4 Å². The number of amides is 2. The molecule has 0 aliphatic carbocycles. The van der Waals surface area contributed by atoms with E-state index in [0.29, 0.717) is 6.54 Å². The summed E-state index contributed by atoms with van der Waals surface area (Å²) < 4.78 is 0. The molecular weight excluding hydrogens is 334 g/mol. The Morgan fingerprint density at radius 3 is 2.68 bits per heavy atom. The van der Waals surface area contributed by atoms with Crippen molar-refractivity contribution in [1.82, 2.24) is 14.7 Å². The predicted molar refractivity (Wildman–Crippen MR) is 101 cm³/mol. The van der Waals surface area contributed by atoms with Crippen LogP contribution in [-0.2, 0) is 4.79 Å². The highest BCUT2D eigenvalue weighted by atomic mass is 32.1. The third-order valence-corrected chi connectivity index (χ3v) is 6.22. The van der Waals surface area contributed by atoms with Gasteiger partial charge in [-0.2, -0.15) is 0 Å². The van der Waals surface area contributed by atoms with E-state index < -0.39 is 0 Å². The van der Waals surface area contributed by atoms with Crippen LogP contribution in [0.15, 0.2) is 17.5 Å². The lowest BCUT2D eigenvalue weighted by Crippen LogP contribution is -2.53. The van der Waals surface area contributed by atoms with Crippen molar-refractivity contribution in [1.29, 1.82) is 0 Å². The number of nitrogens with zero attached hydrogens (tertiary/aromatic N) is 3. The molecule has 1 aromatic rings. The van der Waals surface area contributed by atoms with E-state index in [2.05, 4.69) is 4.90 Å². The Balaban J connectivity index is 1.58. The van der Waals surface area contributed by atoms with Gasteiger partial charge >= 0.3 is 0 Å². The molecule has 0 spiro atoms. The van der Waals surface area contributed by atoms with Crippen LogP contribution in [0.2, 0.25) is 0 Å². The Labute approximate surface area is 154 Å². The molecule has 2 aliphatic rings. The summed E-state index contributed by atoms with van der Waals surface area (Å²) in [7, 11) is 0. The summed E-state index contributed by atoms with van der Waals surface area (Å²) in [5, 5.41) is 1.94. The maximum atomic E-state index is 12.6. The van der Waals surface area contributed by atoms with Gasteiger partial charge in [0, 0.05) is 39.1 Å². The zero-order valence-corrected chi connectivity index (χ0v) is 16.0. The lowest BCUT2D eigenvalue weighted by molar-refractivity contribution is -0.132. The maximum Gasteiger partial charge on any atom is 0.263 e. The summed E-state index contributed by atoms with van der Waals surface area (Å²) in [6.07, 6.45) is 5.83. The number of likely N-dealkylation sites (tertiary alicyclic amines) is 2. The number of piperidine rings is 2. The van der Waals surface area contributed by atoms with Crippen LogP contribution in [0.5, 0.6) is 0 Å². The van der Waals surface area contributed by atoms with Crippen molar-refractivity contribution >= 4 is 23.2 Å². The normalized spacial score (nSPS) is 22.0. The fourth-order valence-electron chi connectivity index (χ4n) is 3.98. The fourth-order valence-corrected chi connectivity index (χ4v) is 4.67. The van der Waals surface area contributed by atoms with Crippen LogP contribution in [0.25, 0.3) is 0 Å². The number of carbonyl (C=O) groups is 2. The molecule has 1 aromatic heterocycles. The Morgan fingerprint density at radius 1 is 1.20 bits per heavy atom. The molecule has 0 saturated carbocycles. The molecule has 1 atom stereocenters. The minimum Gasteiger partial charge on any atom is -0.337 e. The van der Waals surface area contributed by atoms with Crippen LogP contribution in [-0.4, -0.2) is 71.8 Å². The first kappa shape index (κ1) is 18.4. The minimum atomic E-state index is 0.110. The quantitative estimate of drug-likeness (QED) is 0.808. The van der Waals surface area contributed by atoms with Crippen LogP contribution in [0, 0.1) is 0 Å². The Morgan fingerprint density at radius 2 is 2.00 bits per heavy atom. The molecule has 3 heterocycles. The Bertz CT molecular complexity index is 569. The van der Waals surface area contributed by atoms with Gasteiger partial charge in [0.05, 0.1) is 4.88 Å². The molecule has 2 fully saturated rings.